The summed E-state index contributed by atoms with van der Waals surface area (Å²) in [6.07, 6.45) is 0.315. The van der Waals surface area contributed by atoms with Crippen molar-refractivity contribution >= 4 is 23.5 Å². The molecule has 0 aromatic heterocycles. The van der Waals surface area contributed by atoms with Gasteiger partial charge in [-0.3, -0.25) is 19.2 Å². The summed E-state index contributed by atoms with van der Waals surface area (Å²) in [4.78, 5) is 45.6. The van der Waals surface area contributed by atoms with Gasteiger partial charge >= 0.3 is 11.9 Å². The van der Waals surface area contributed by atoms with Crippen LogP contribution < -0.4 is 0 Å². The summed E-state index contributed by atoms with van der Waals surface area (Å²) in [7, 11) is 0. The van der Waals surface area contributed by atoms with E-state index in [1.54, 1.807) is 13.8 Å². The molecule has 0 heterocycles. The van der Waals surface area contributed by atoms with Crippen molar-refractivity contribution in [3.8, 4) is 0 Å². The van der Waals surface area contributed by atoms with Gasteiger partial charge in [0.2, 0.25) is 0 Å². The molecule has 0 aromatic carbocycles. The molecule has 0 saturated heterocycles. The van der Waals surface area contributed by atoms with Crippen molar-refractivity contribution in [1.29, 1.82) is 0 Å². The molecule has 0 bridgehead atoms. The third-order valence-corrected chi connectivity index (χ3v) is 2.36. The molecule has 0 spiro atoms. The van der Waals surface area contributed by atoms with Crippen LogP contribution in [-0.2, 0) is 28.7 Å². The number of esters is 2. The van der Waals surface area contributed by atoms with Gasteiger partial charge in [0.25, 0.3) is 0 Å². The van der Waals surface area contributed by atoms with Gasteiger partial charge in [0.05, 0.1) is 13.2 Å². The van der Waals surface area contributed by atoms with Crippen LogP contribution in [-0.4, -0.2) is 36.7 Å². The molecule has 108 valence electrons. The Labute approximate surface area is 112 Å². The summed E-state index contributed by atoms with van der Waals surface area (Å²) in [6, 6.07) is 0. The van der Waals surface area contributed by atoms with Gasteiger partial charge in [-0.1, -0.05) is 0 Å². The summed E-state index contributed by atoms with van der Waals surface area (Å²) in [5.74, 6) is -3.65. The average Bonchev–Trinajstić information content (AvgIpc) is 2.29. The molecular formula is C13H20O6. The van der Waals surface area contributed by atoms with E-state index in [1.807, 2.05) is 0 Å². The van der Waals surface area contributed by atoms with Crippen LogP contribution in [0.2, 0.25) is 0 Å². The Hall–Kier alpha value is -1.72. The van der Waals surface area contributed by atoms with Crippen molar-refractivity contribution in [3.05, 3.63) is 0 Å². The fourth-order valence-corrected chi connectivity index (χ4v) is 1.53. The minimum atomic E-state index is -1.37. The normalized spacial score (nSPS) is 11.5. The van der Waals surface area contributed by atoms with Crippen LogP contribution in [0.15, 0.2) is 0 Å². The average molecular weight is 272 g/mol. The van der Waals surface area contributed by atoms with Crippen molar-refractivity contribution in [3.63, 3.8) is 0 Å². The van der Waals surface area contributed by atoms with Crippen LogP contribution in [0.5, 0.6) is 0 Å². The van der Waals surface area contributed by atoms with Gasteiger partial charge in [-0.2, -0.15) is 0 Å². The Morgan fingerprint density at radius 2 is 1.53 bits per heavy atom. The van der Waals surface area contributed by atoms with E-state index in [0.717, 1.165) is 0 Å². The fraction of sp³-hybridized carbons (Fsp3) is 0.692. The third kappa shape index (κ3) is 6.69. The second-order valence-electron chi connectivity index (χ2n) is 3.92. The monoisotopic (exact) mass is 272 g/mol. The molecule has 0 aromatic rings. The molecule has 6 nitrogen and oxygen atoms in total. The quantitative estimate of drug-likeness (QED) is 0.460. The Bertz CT molecular complexity index is 347. The van der Waals surface area contributed by atoms with Crippen molar-refractivity contribution in [2.45, 2.75) is 40.0 Å². The summed E-state index contributed by atoms with van der Waals surface area (Å²) in [6.45, 7) is 4.85. The fourth-order valence-electron chi connectivity index (χ4n) is 1.53. The van der Waals surface area contributed by atoms with E-state index in [9.17, 15) is 19.2 Å². The van der Waals surface area contributed by atoms with Crippen LogP contribution in [0.3, 0.4) is 0 Å². The zero-order valence-electron chi connectivity index (χ0n) is 11.6. The van der Waals surface area contributed by atoms with E-state index in [2.05, 4.69) is 4.74 Å². The Balaban J connectivity index is 4.31. The minimum Gasteiger partial charge on any atom is -0.466 e. The molecule has 0 N–H and O–H groups in total. The first-order valence-corrected chi connectivity index (χ1v) is 6.29. The van der Waals surface area contributed by atoms with Crippen LogP contribution in [0.25, 0.3) is 0 Å². The number of ether oxygens (including phenoxy) is 2. The number of carbonyl (C=O) groups excluding carboxylic acids is 4. The molecule has 0 amide bonds. The van der Waals surface area contributed by atoms with E-state index in [1.165, 1.54) is 6.92 Å². The second-order valence-corrected chi connectivity index (χ2v) is 3.92. The summed E-state index contributed by atoms with van der Waals surface area (Å²) in [5.41, 5.74) is 0. The molecule has 19 heavy (non-hydrogen) atoms. The lowest BCUT2D eigenvalue weighted by molar-refractivity contribution is -0.154. The predicted octanol–water partition coefficient (Wildman–Crippen LogP) is 1.06. The molecule has 0 aliphatic heterocycles. The van der Waals surface area contributed by atoms with Gasteiger partial charge in [-0.15, -0.1) is 0 Å². The zero-order chi connectivity index (χ0) is 14.8. The van der Waals surface area contributed by atoms with E-state index >= 15 is 0 Å². The van der Waals surface area contributed by atoms with Crippen molar-refractivity contribution in [1.82, 2.24) is 0 Å². The molecule has 0 fully saturated rings. The van der Waals surface area contributed by atoms with E-state index in [4.69, 9.17) is 4.74 Å². The topological polar surface area (TPSA) is 86.7 Å². The lowest BCUT2D eigenvalue weighted by Crippen LogP contribution is -2.32. The first-order chi connectivity index (χ1) is 8.93. The third-order valence-electron chi connectivity index (χ3n) is 2.36. The highest BCUT2D eigenvalue weighted by molar-refractivity contribution is 6.16. The van der Waals surface area contributed by atoms with Crippen LogP contribution in [0.1, 0.15) is 40.0 Å². The predicted molar refractivity (Wildman–Crippen MR) is 66.3 cm³/mol. The van der Waals surface area contributed by atoms with E-state index in [-0.39, 0.29) is 32.5 Å². The van der Waals surface area contributed by atoms with Crippen molar-refractivity contribution in [2.24, 2.45) is 5.92 Å². The molecule has 0 radical (unpaired) electrons. The van der Waals surface area contributed by atoms with Crippen molar-refractivity contribution < 1.29 is 28.7 Å². The lowest BCUT2D eigenvalue weighted by Gasteiger charge is -2.11. The second kappa shape index (κ2) is 9.24. The summed E-state index contributed by atoms with van der Waals surface area (Å²) >= 11 is 0. The molecule has 0 aliphatic carbocycles. The maximum atomic E-state index is 11.8. The first kappa shape index (κ1) is 17.3. The molecule has 6 heteroatoms. The molecule has 0 rings (SSSR count). The molecule has 1 atom stereocenters. The highest BCUT2D eigenvalue weighted by Crippen LogP contribution is 2.10. The van der Waals surface area contributed by atoms with Crippen molar-refractivity contribution in [2.75, 3.05) is 13.2 Å². The minimum absolute atomic E-state index is 0.0259. The van der Waals surface area contributed by atoms with Crippen LogP contribution >= 0.6 is 0 Å². The highest BCUT2D eigenvalue weighted by Gasteiger charge is 2.31. The number of hydrogen-bond acceptors (Lipinski definition) is 6. The summed E-state index contributed by atoms with van der Waals surface area (Å²) in [5, 5.41) is 0. The largest absolute Gasteiger partial charge is 0.466 e. The van der Waals surface area contributed by atoms with Gasteiger partial charge in [0.15, 0.2) is 17.5 Å². The molecule has 0 aliphatic rings. The first-order valence-electron chi connectivity index (χ1n) is 6.29. The van der Waals surface area contributed by atoms with E-state index < -0.39 is 29.4 Å². The maximum absolute atomic E-state index is 11.8. The zero-order valence-corrected chi connectivity index (χ0v) is 11.6. The Morgan fingerprint density at radius 1 is 0.947 bits per heavy atom. The molecule has 0 saturated carbocycles. The lowest BCUT2D eigenvalue weighted by atomic mass is 9.96. The summed E-state index contributed by atoms with van der Waals surface area (Å²) < 4.78 is 9.39. The van der Waals surface area contributed by atoms with Gasteiger partial charge in [-0.25, -0.2) is 0 Å². The standard InChI is InChI=1S/C13H20O6/c1-4-18-11(16)8-6-7-10(15)12(9(3)14)13(17)19-5-2/h12H,4-8H2,1-3H3. The van der Waals surface area contributed by atoms with Gasteiger partial charge in [0, 0.05) is 12.8 Å². The smallest absolute Gasteiger partial charge is 0.324 e. The van der Waals surface area contributed by atoms with Crippen LogP contribution in [0.4, 0.5) is 0 Å². The molecular weight excluding hydrogens is 252 g/mol. The molecule has 1 unspecified atom stereocenters. The van der Waals surface area contributed by atoms with Gasteiger partial charge in [0.1, 0.15) is 0 Å². The van der Waals surface area contributed by atoms with Crippen LogP contribution in [0, 0.1) is 5.92 Å². The SMILES string of the molecule is CCOC(=O)CCCC(=O)C(C(C)=O)C(=O)OCC. The Kier molecular flexibility index (Phi) is 8.41. The highest BCUT2D eigenvalue weighted by atomic mass is 16.5. The Morgan fingerprint density at radius 3 is 2.00 bits per heavy atom. The number of ketones is 2. The van der Waals surface area contributed by atoms with Gasteiger partial charge in [-0.05, 0) is 27.2 Å². The maximum Gasteiger partial charge on any atom is 0.324 e. The number of carbonyl (C=O) groups is 4. The number of Topliss-reactive ketones (excluding diaryl/α,β-unsaturated/α-hetero) is 2. The van der Waals surface area contributed by atoms with E-state index in [0.29, 0.717) is 0 Å². The number of rotatable bonds is 9. The number of hydrogen-bond donors (Lipinski definition) is 0. The van der Waals surface area contributed by atoms with Gasteiger partial charge < -0.3 is 9.47 Å².